The van der Waals surface area contributed by atoms with Crippen LogP contribution in [-0.2, 0) is 0 Å². The number of aliphatic hydroxyl groups excluding tert-OH is 1. The van der Waals surface area contributed by atoms with Crippen LogP contribution in [0.2, 0.25) is 0 Å². The Kier molecular flexibility index (Phi) is 5.18. The number of rotatable bonds is 5. The Balaban J connectivity index is 3.50. The lowest BCUT2D eigenvalue weighted by Gasteiger charge is -2.16. The minimum atomic E-state index is -0.556. The molecule has 0 spiro atoms. The topological polar surface area (TPSA) is 40.5 Å². The molecule has 0 bridgehead atoms. The van der Waals surface area contributed by atoms with E-state index in [-0.39, 0.29) is 6.61 Å². The van der Waals surface area contributed by atoms with E-state index in [4.69, 9.17) is 5.11 Å². The number of hydrogen-bond acceptors (Lipinski definition) is 2. The summed E-state index contributed by atoms with van der Waals surface area (Å²) in [4.78, 5) is 0. The summed E-state index contributed by atoms with van der Waals surface area (Å²) in [7, 11) is 0. The smallest absolute Gasteiger partial charge is 0.0614 e. The van der Waals surface area contributed by atoms with E-state index >= 15 is 0 Å². The van der Waals surface area contributed by atoms with Crippen molar-refractivity contribution in [3.05, 3.63) is 11.6 Å². The minimum absolute atomic E-state index is 0.119. The molecule has 72 valence electrons. The van der Waals surface area contributed by atoms with Gasteiger partial charge in [0, 0.05) is 0 Å². The molecule has 0 fully saturated rings. The van der Waals surface area contributed by atoms with Crippen LogP contribution in [0.4, 0.5) is 0 Å². The third-order valence-corrected chi connectivity index (χ3v) is 1.80. The fourth-order valence-electron chi connectivity index (χ4n) is 1.06. The Morgan fingerprint density at radius 2 is 2.00 bits per heavy atom. The second-order valence-corrected chi connectivity index (χ2v) is 3.90. The predicted octanol–water partition coefficient (Wildman–Crippen LogP) is 1.87. The average Bonchev–Trinajstić information content (AvgIpc) is 1.84. The van der Waals surface area contributed by atoms with Gasteiger partial charge in [-0.05, 0) is 40.0 Å². The fourth-order valence-corrected chi connectivity index (χ4v) is 1.06. The standard InChI is InChI=1S/C10H20O2/c1-9(6-8-11)5-4-7-10(2,3)12/h6,11-12H,4-5,7-8H2,1-3H3. The second-order valence-electron chi connectivity index (χ2n) is 3.90. The molecule has 0 atom stereocenters. The van der Waals surface area contributed by atoms with Crippen LogP contribution in [0.5, 0.6) is 0 Å². The molecule has 2 heteroatoms. The number of allylic oxidation sites excluding steroid dienone is 1. The summed E-state index contributed by atoms with van der Waals surface area (Å²) in [5, 5.41) is 18.0. The average molecular weight is 172 g/mol. The lowest BCUT2D eigenvalue weighted by molar-refractivity contribution is 0.0689. The molecule has 0 aliphatic carbocycles. The van der Waals surface area contributed by atoms with E-state index in [0.717, 1.165) is 19.3 Å². The van der Waals surface area contributed by atoms with Crippen molar-refractivity contribution in [2.24, 2.45) is 0 Å². The molecule has 2 nitrogen and oxygen atoms in total. The molecule has 0 saturated carbocycles. The van der Waals surface area contributed by atoms with Crippen LogP contribution in [0, 0.1) is 0 Å². The van der Waals surface area contributed by atoms with Gasteiger partial charge >= 0.3 is 0 Å². The predicted molar refractivity (Wildman–Crippen MR) is 51.0 cm³/mol. The second kappa shape index (κ2) is 5.33. The van der Waals surface area contributed by atoms with Crippen LogP contribution in [0.3, 0.4) is 0 Å². The number of hydrogen-bond donors (Lipinski definition) is 2. The fraction of sp³-hybridized carbons (Fsp3) is 0.800. The monoisotopic (exact) mass is 172 g/mol. The first-order valence-corrected chi connectivity index (χ1v) is 4.44. The van der Waals surface area contributed by atoms with E-state index in [0.29, 0.717) is 0 Å². The van der Waals surface area contributed by atoms with Gasteiger partial charge in [-0.1, -0.05) is 11.6 Å². The van der Waals surface area contributed by atoms with Gasteiger partial charge in [0.05, 0.1) is 12.2 Å². The van der Waals surface area contributed by atoms with E-state index in [9.17, 15) is 5.11 Å². The van der Waals surface area contributed by atoms with E-state index in [1.807, 2.05) is 26.8 Å². The lowest BCUT2D eigenvalue weighted by atomic mass is 9.99. The molecule has 0 radical (unpaired) electrons. The zero-order chi connectivity index (χ0) is 9.61. The van der Waals surface area contributed by atoms with Crippen molar-refractivity contribution in [2.75, 3.05) is 6.61 Å². The summed E-state index contributed by atoms with van der Waals surface area (Å²) < 4.78 is 0. The van der Waals surface area contributed by atoms with Gasteiger partial charge in [0.25, 0.3) is 0 Å². The first kappa shape index (κ1) is 11.7. The third kappa shape index (κ3) is 7.76. The molecule has 12 heavy (non-hydrogen) atoms. The van der Waals surface area contributed by atoms with Gasteiger partial charge in [-0.2, -0.15) is 0 Å². The third-order valence-electron chi connectivity index (χ3n) is 1.80. The van der Waals surface area contributed by atoms with E-state index in [1.165, 1.54) is 5.57 Å². The molecule has 0 aromatic carbocycles. The molecular formula is C10H20O2. The van der Waals surface area contributed by atoms with E-state index in [2.05, 4.69) is 0 Å². The SMILES string of the molecule is CC(=CCO)CCCC(C)(C)O. The Labute approximate surface area is 74.9 Å². The van der Waals surface area contributed by atoms with Crippen molar-refractivity contribution in [3.8, 4) is 0 Å². The van der Waals surface area contributed by atoms with Crippen molar-refractivity contribution in [2.45, 2.75) is 45.6 Å². The van der Waals surface area contributed by atoms with Gasteiger partial charge in [0.2, 0.25) is 0 Å². The first-order valence-electron chi connectivity index (χ1n) is 4.44. The minimum Gasteiger partial charge on any atom is -0.392 e. The van der Waals surface area contributed by atoms with Gasteiger partial charge in [0.15, 0.2) is 0 Å². The van der Waals surface area contributed by atoms with Crippen LogP contribution in [0.1, 0.15) is 40.0 Å². The summed E-state index contributed by atoms with van der Waals surface area (Å²) in [5.41, 5.74) is 0.640. The zero-order valence-corrected chi connectivity index (χ0v) is 8.30. The molecule has 0 heterocycles. The first-order chi connectivity index (χ1) is 5.45. The van der Waals surface area contributed by atoms with E-state index < -0.39 is 5.60 Å². The molecule has 0 aliphatic rings. The van der Waals surface area contributed by atoms with Crippen molar-refractivity contribution in [1.29, 1.82) is 0 Å². The van der Waals surface area contributed by atoms with Gasteiger partial charge in [-0.3, -0.25) is 0 Å². The van der Waals surface area contributed by atoms with Crippen LogP contribution in [0.25, 0.3) is 0 Å². The van der Waals surface area contributed by atoms with Crippen LogP contribution in [0.15, 0.2) is 11.6 Å². The number of aliphatic hydroxyl groups is 2. The van der Waals surface area contributed by atoms with Gasteiger partial charge in [-0.25, -0.2) is 0 Å². The normalized spacial score (nSPS) is 13.6. The maximum atomic E-state index is 9.39. The molecule has 0 rings (SSSR count). The molecule has 0 amide bonds. The quantitative estimate of drug-likeness (QED) is 0.621. The van der Waals surface area contributed by atoms with Crippen molar-refractivity contribution >= 4 is 0 Å². The van der Waals surface area contributed by atoms with E-state index in [1.54, 1.807) is 0 Å². The lowest BCUT2D eigenvalue weighted by Crippen LogP contribution is -2.17. The molecular weight excluding hydrogens is 152 g/mol. The van der Waals surface area contributed by atoms with Crippen LogP contribution < -0.4 is 0 Å². The highest BCUT2D eigenvalue weighted by atomic mass is 16.3. The van der Waals surface area contributed by atoms with Gasteiger partial charge in [0.1, 0.15) is 0 Å². The van der Waals surface area contributed by atoms with Crippen LogP contribution >= 0.6 is 0 Å². The molecule has 0 aromatic rings. The molecule has 0 aliphatic heterocycles. The molecule has 0 saturated heterocycles. The molecule has 2 N–H and O–H groups in total. The van der Waals surface area contributed by atoms with Gasteiger partial charge in [-0.15, -0.1) is 0 Å². The summed E-state index contributed by atoms with van der Waals surface area (Å²) in [6.45, 7) is 5.76. The van der Waals surface area contributed by atoms with Crippen molar-refractivity contribution < 1.29 is 10.2 Å². The highest BCUT2D eigenvalue weighted by Gasteiger charge is 2.10. The summed E-state index contributed by atoms with van der Waals surface area (Å²) in [6, 6.07) is 0. The van der Waals surface area contributed by atoms with Crippen molar-refractivity contribution in [3.63, 3.8) is 0 Å². The Bertz CT molecular complexity index is 142. The van der Waals surface area contributed by atoms with Crippen LogP contribution in [-0.4, -0.2) is 22.4 Å². The summed E-state index contributed by atoms with van der Waals surface area (Å²) in [6.07, 6.45) is 4.56. The highest BCUT2D eigenvalue weighted by molar-refractivity contribution is 4.97. The zero-order valence-electron chi connectivity index (χ0n) is 8.30. The maximum Gasteiger partial charge on any atom is 0.0614 e. The highest BCUT2D eigenvalue weighted by Crippen LogP contribution is 2.14. The maximum absolute atomic E-state index is 9.39. The summed E-state index contributed by atoms with van der Waals surface area (Å²) in [5.74, 6) is 0. The Hall–Kier alpha value is -0.340. The van der Waals surface area contributed by atoms with Crippen molar-refractivity contribution in [1.82, 2.24) is 0 Å². The molecule has 0 unspecified atom stereocenters. The Morgan fingerprint density at radius 3 is 2.42 bits per heavy atom. The summed E-state index contributed by atoms with van der Waals surface area (Å²) >= 11 is 0. The largest absolute Gasteiger partial charge is 0.392 e. The Morgan fingerprint density at radius 1 is 1.42 bits per heavy atom. The van der Waals surface area contributed by atoms with Gasteiger partial charge < -0.3 is 10.2 Å². The molecule has 0 aromatic heterocycles.